The largest absolute Gasteiger partial charge is 0.402 e. The lowest BCUT2D eigenvalue weighted by molar-refractivity contribution is -0.183. The zero-order chi connectivity index (χ0) is 28.0. The molecule has 1 aliphatic heterocycles. The number of hydrogen-bond donors (Lipinski definition) is 4. The summed E-state index contributed by atoms with van der Waals surface area (Å²) in [5.74, 6) is 0.0232. The van der Waals surface area contributed by atoms with Crippen LogP contribution in [-0.4, -0.2) is 29.2 Å². The van der Waals surface area contributed by atoms with Crippen LogP contribution in [0.25, 0.3) is 0 Å². The van der Waals surface area contributed by atoms with Crippen LogP contribution in [0.15, 0.2) is 47.0 Å². The van der Waals surface area contributed by atoms with Crippen LogP contribution in [0.2, 0.25) is 0 Å². The Hall–Kier alpha value is -2.56. The van der Waals surface area contributed by atoms with Crippen molar-refractivity contribution in [2.24, 2.45) is 22.8 Å². The number of allylic oxidation sites excluding steroid dienone is 5. The van der Waals surface area contributed by atoms with Gasteiger partial charge in [-0.2, -0.15) is 5.26 Å². The fourth-order valence-electron chi connectivity index (χ4n) is 5.37. The number of nitrogens with one attached hydrogen (secondary N) is 2. The average Bonchev–Trinajstić information content (AvgIpc) is 2.82. The standard InChI is InChI=1S/C30H49N5O2/c1-9-30(8)17-23(16-29(6,7)37-30)25(33)10-11-26(20(2)22-12-14-28(4,5)15-13-22)35-27(36)21(3)34-24(18-31)19-32/h10-12,18,21,23,25,34H,9,13-17,31,33H2,1-8H3,(H,35,36)/b11-10-,24-18-,26-20-. The second kappa shape index (κ2) is 12.3. The van der Waals surface area contributed by atoms with Gasteiger partial charge in [0, 0.05) is 17.9 Å². The van der Waals surface area contributed by atoms with Gasteiger partial charge in [-0.25, -0.2) is 0 Å². The highest BCUT2D eigenvalue weighted by Crippen LogP contribution is 2.41. The quantitative estimate of drug-likeness (QED) is 0.253. The molecule has 2 rings (SSSR count). The van der Waals surface area contributed by atoms with Crippen LogP contribution < -0.4 is 22.1 Å². The first-order chi connectivity index (χ1) is 17.1. The van der Waals surface area contributed by atoms with Gasteiger partial charge < -0.3 is 26.8 Å². The highest BCUT2D eigenvalue weighted by Gasteiger charge is 2.42. The summed E-state index contributed by atoms with van der Waals surface area (Å²) >= 11 is 0. The molecule has 6 N–H and O–H groups in total. The zero-order valence-electron chi connectivity index (χ0n) is 24.2. The predicted octanol–water partition coefficient (Wildman–Crippen LogP) is 5.07. The number of amides is 1. The highest BCUT2D eigenvalue weighted by atomic mass is 16.5. The lowest BCUT2D eigenvalue weighted by atomic mass is 9.75. The highest BCUT2D eigenvalue weighted by molar-refractivity contribution is 5.84. The minimum atomic E-state index is -0.639. The van der Waals surface area contributed by atoms with Crippen LogP contribution in [0.3, 0.4) is 0 Å². The summed E-state index contributed by atoms with van der Waals surface area (Å²) in [6, 6.07) is 1.14. The maximum absolute atomic E-state index is 13.1. The van der Waals surface area contributed by atoms with Gasteiger partial charge in [0.2, 0.25) is 5.91 Å². The summed E-state index contributed by atoms with van der Waals surface area (Å²) in [7, 11) is 0. The molecule has 206 valence electrons. The van der Waals surface area contributed by atoms with Gasteiger partial charge in [-0.05, 0) is 102 Å². The van der Waals surface area contributed by atoms with E-state index < -0.39 is 6.04 Å². The minimum absolute atomic E-state index is 0.154. The van der Waals surface area contributed by atoms with Crippen molar-refractivity contribution >= 4 is 5.91 Å². The first-order valence-corrected chi connectivity index (χ1v) is 13.6. The number of nitrogens with two attached hydrogens (primary N) is 2. The van der Waals surface area contributed by atoms with Crippen molar-refractivity contribution in [3.05, 3.63) is 47.0 Å². The van der Waals surface area contributed by atoms with E-state index in [0.717, 1.165) is 49.8 Å². The molecule has 0 spiro atoms. The van der Waals surface area contributed by atoms with Gasteiger partial charge in [0.15, 0.2) is 0 Å². The van der Waals surface area contributed by atoms with Gasteiger partial charge in [0.1, 0.15) is 17.8 Å². The van der Waals surface area contributed by atoms with E-state index in [2.05, 4.69) is 65.2 Å². The van der Waals surface area contributed by atoms with Gasteiger partial charge in [-0.3, -0.25) is 4.79 Å². The molecule has 4 unspecified atom stereocenters. The zero-order valence-corrected chi connectivity index (χ0v) is 24.2. The molecule has 1 heterocycles. The summed E-state index contributed by atoms with van der Waals surface area (Å²) < 4.78 is 6.38. The summed E-state index contributed by atoms with van der Waals surface area (Å²) in [4.78, 5) is 13.1. The van der Waals surface area contributed by atoms with E-state index in [1.165, 1.54) is 11.8 Å². The van der Waals surface area contributed by atoms with E-state index >= 15 is 0 Å². The lowest BCUT2D eigenvalue weighted by Gasteiger charge is -2.48. The topological polar surface area (TPSA) is 126 Å². The van der Waals surface area contributed by atoms with Crippen molar-refractivity contribution in [1.82, 2.24) is 10.6 Å². The third-order valence-electron chi connectivity index (χ3n) is 7.92. The van der Waals surface area contributed by atoms with Crippen molar-refractivity contribution in [3.63, 3.8) is 0 Å². The third-order valence-corrected chi connectivity index (χ3v) is 7.92. The summed E-state index contributed by atoms with van der Waals surface area (Å²) in [5.41, 5.74) is 15.2. The maximum atomic E-state index is 13.1. The van der Waals surface area contributed by atoms with E-state index in [9.17, 15) is 4.79 Å². The number of hydrogen-bond acceptors (Lipinski definition) is 6. The van der Waals surface area contributed by atoms with Crippen LogP contribution in [0, 0.1) is 22.7 Å². The van der Waals surface area contributed by atoms with Crippen LogP contribution >= 0.6 is 0 Å². The summed E-state index contributed by atoms with van der Waals surface area (Å²) in [5, 5.41) is 15.1. The van der Waals surface area contributed by atoms with Gasteiger partial charge in [-0.1, -0.05) is 32.9 Å². The summed E-state index contributed by atoms with van der Waals surface area (Å²) in [6.07, 6.45) is 13.2. The van der Waals surface area contributed by atoms with E-state index in [4.69, 9.17) is 21.5 Å². The van der Waals surface area contributed by atoms with Crippen LogP contribution in [0.4, 0.5) is 0 Å². The van der Waals surface area contributed by atoms with E-state index in [1.807, 2.05) is 18.2 Å². The Labute approximate surface area is 224 Å². The molecule has 0 radical (unpaired) electrons. The predicted molar refractivity (Wildman–Crippen MR) is 151 cm³/mol. The second-order valence-electron chi connectivity index (χ2n) is 12.5. The second-order valence-corrected chi connectivity index (χ2v) is 12.5. The maximum Gasteiger partial charge on any atom is 0.246 e. The van der Waals surface area contributed by atoms with Gasteiger partial charge in [-0.15, -0.1) is 0 Å². The molecule has 7 heteroatoms. The van der Waals surface area contributed by atoms with Gasteiger partial charge in [0.05, 0.1) is 11.2 Å². The monoisotopic (exact) mass is 511 g/mol. The Morgan fingerprint density at radius 1 is 1.30 bits per heavy atom. The molecule has 1 saturated heterocycles. The van der Waals surface area contributed by atoms with Gasteiger partial charge in [0.25, 0.3) is 0 Å². The van der Waals surface area contributed by atoms with Crippen molar-refractivity contribution < 1.29 is 9.53 Å². The number of nitriles is 1. The van der Waals surface area contributed by atoms with Gasteiger partial charge >= 0.3 is 0 Å². The average molecular weight is 512 g/mol. The molecule has 2 aliphatic rings. The number of rotatable bonds is 9. The van der Waals surface area contributed by atoms with Crippen molar-refractivity contribution in [2.45, 2.75) is 117 Å². The molecule has 1 aliphatic carbocycles. The molecule has 1 fully saturated rings. The Morgan fingerprint density at radius 2 is 1.97 bits per heavy atom. The Kier molecular flexibility index (Phi) is 10.2. The molecule has 0 aromatic rings. The molecule has 0 bridgehead atoms. The van der Waals surface area contributed by atoms with E-state index in [1.54, 1.807) is 6.92 Å². The minimum Gasteiger partial charge on any atom is -0.402 e. The molecule has 7 nitrogen and oxygen atoms in total. The van der Waals surface area contributed by atoms with E-state index in [0.29, 0.717) is 0 Å². The fraction of sp³-hybridized carbons (Fsp3) is 0.667. The van der Waals surface area contributed by atoms with Crippen molar-refractivity contribution in [1.29, 1.82) is 5.26 Å². The molecule has 0 saturated carbocycles. The van der Waals surface area contributed by atoms with Crippen molar-refractivity contribution in [3.8, 4) is 6.07 Å². The molecule has 0 aromatic carbocycles. The van der Waals surface area contributed by atoms with Crippen LogP contribution in [0.1, 0.15) is 93.9 Å². The third kappa shape index (κ3) is 8.76. The summed E-state index contributed by atoms with van der Waals surface area (Å²) in [6.45, 7) is 16.9. The molecule has 37 heavy (non-hydrogen) atoms. The van der Waals surface area contributed by atoms with Crippen molar-refractivity contribution in [2.75, 3.05) is 0 Å². The molecular weight excluding hydrogens is 462 g/mol. The number of carbonyl (C=O) groups is 1. The van der Waals surface area contributed by atoms with E-state index in [-0.39, 0.29) is 40.2 Å². The number of nitrogens with zero attached hydrogens (tertiary/aromatic N) is 1. The Morgan fingerprint density at radius 3 is 2.51 bits per heavy atom. The molecular formula is C30H49N5O2. The fourth-order valence-corrected chi connectivity index (χ4v) is 5.37. The smallest absolute Gasteiger partial charge is 0.246 e. The van der Waals surface area contributed by atoms with Crippen LogP contribution in [0.5, 0.6) is 0 Å². The Bertz CT molecular complexity index is 998. The SMILES string of the molecule is CCC1(C)CC(C(N)/C=C\C(NC(=O)C(C)N/C(C#N)=C\N)=C(/C)C2=CCC(C)(C)CC2)CC(C)(C)O1. The Balaban J connectivity index is 2.33. The number of carbonyl (C=O) groups excluding carboxylic acids is 1. The normalized spacial score (nSPS) is 27.9. The first-order valence-electron chi connectivity index (χ1n) is 13.6. The molecule has 1 amide bonds. The van der Waals surface area contributed by atoms with Crippen LogP contribution in [-0.2, 0) is 9.53 Å². The lowest BCUT2D eigenvalue weighted by Crippen LogP contribution is -2.50. The number of ether oxygens (including phenoxy) is 1. The molecule has 4 atom stereocenters. The molecule has 0 aromatic heterocycles. The first kappa shape index (κ1) is 30.7.